The summed E-state index contributed by atoms with van der Waals surface area (Å²) in [5.41, 5.74) is 4.70. The van der Waals surface area contributed by atoms with Gasteiger partial charge in [0.05, 0.1) is 11.1 Å². The number of anilines is 1. The molecule has 0 aliphatic carbocycles. The Balaban J connectivity index is 1.30. The first-order valence-electron chi connectivity index (χ1n) is 10.7. The van der Waals surface area contributed by atoms with Crippen LogP contribution in [0, 0.1) is 6.92 Å². The predicted molar refractivity (Wildman–Crippen MR) is 139 cm³/mol. The zero-order valence-corrected chi connectivity index (χ0v) is 20.7. The summed E-state index contributed by atoms with van der Waals surface area (Å²) >= 11 is 1.30. The second kappa shape index (κ2) is 11.0. The van der Waals surface area contributed by atoms with Gasteiger partial charge in [-0.2, -0.15) is 5.10 Å². The number of hydrogen-bond acceptors (Lipinski definition) is 7. The van der Waals surface area contributed by atoms with Gasteiger partial charge in [0.15, 0.2) is 0 Å². The second-order valence-corrected chi connectivity index (χ2v) is 10.3. The van der Waals surface area contributed by atoms with Crippen molar-refractivity contribution in [2.75, 3.05) is 4.72 Å². The number of nitrogens with one attached hydrogen (secondary N) is 2. The summed E-state index contributed by atoms with van der Waals surface area (Å²) in [6, 6.07) is 22.6. The van der Waals surface area contributed by atoms with Crippen molar-refractivity contribution in [1.29, 1.82) is 0 Å². The Hall–Kier alpha value is -4.28. The van der Waals surface area contributed by atoms with E-state index in [1.54, 1.807) is 53.9 Å². The number of ether oxygens (including phenoxy) is 1. The average molecular weight is 520 g/mol. The Labute approximate surface area is 212 Å². The van der Waals surface area contributed by atoms with Crippen LogP contribution in [0.1, 0.15) is 31.2 Å². The highest BCUT2D eigenvalue weighted by molar-refractivity contribution is 7.92. The van der Waals surface area contributed by atoms with E-state index in [2.05, 4.69) is 15.2 Å². The first-order chi connectivity index (χ1) is 17.3. The van der Waals surface area contributed by atoms with Crippen LogP contribution in [0.25, 0.3) is 0 Å². The van der Waals surface area contributed by atoms with Crippen molar-refractivity contribution in [2.45, 2.75) is 11.8 Å². The van der Waals surface area contributed by atoms with Gasteiger partial charge in [0.25, 0.3) is 15.9 Å². The smallest absolute Gasteiger partial charge is 0.353 e. The maximum absolute atomic E-state index is 12.5. The van der Waals surface area contributed by atoms with Gasteiger partial charge in [-0.05, 0) is 84.6 Å². The van der Waals surface area contributed by atoms with Crippen molar-refractivity contribution < 1.29 is 22.7 Å². The highest BCUT2D eigenvalue weighted by Gasteiger charge is 2.14. The summed E-state index contributed by atoms with van der Waals surface area (Å²) in [6.45, 7) is 1.88. The molecule has 1 amide bonds. The fourth-order valence-electron chi connectivity index (χ4n) is 3.03. The Bertz CT molecular complexity index is 1480. The van der Waals surface area contributed by atoms with Crippen LogP contribution < -0.4 is 14.9 Å². The molecule has 0 unspecified atom stereocenters. The molecule has 0 fully saturated rings. The van der Waals surface area contributed by atoms with Crippen molar-refractivity contribution >= 4 is 45.1 Å². The Morgan fingerprint density at radius 3 is 2.25 bits per heavy atom. The van der Waals surface area contributed by atoms with E-state index < -0.39 is 21.9 Å². The van der Waals surface area contributed by atoms with E-state index in [1.165, 1.54) is 53.9 Å². The van der Waals surface area contributed by atoms with Crippen molar-refractivity contribution in [3.05, 3.63) is 112 Å². The van der Waals surface area contributed by atoms with Crippen LogP contribution in [0.15, 0.2) is 100 Å². The van der Waals surface area contributed by atoms with Gasteiger partial charge in [-0.3, -0.25) is 9.52 Å². The number of sulfonamides is 1. The molecule has 0 aliphatic rings. The second-order valence-electron chi connectivity index (χ2n) is 7.63. The number of esters is 1. The molecule has 1 heterocycles. The van der Waals surface area contributed by atoms with E-state index in [-0.39, 0.29) is 4.90 Å². The number of amides is 1. The number of hydrogen-bond donors (Lipinski definition) is 2. The summed E-state index contributed by atoms with van der Waals surface area (Å²) < 4.78 is 32.8. The summed E-state index contributed by atoms with van der Waals surface area (Å²) in [5.74, 6) is -0.485. The number of carbonyl (C=O) groups excluding carboxylic acids is 2. The SMILES string of the molecule is Cc1ccc(S(=O)(=O)Nc2ccc(C(=O)N/N=C/c3ccc(OC(=O)c4cccs4)cc3)cc2)cc1. The van der Waals surface area contributed by atoms with Crippen molar-refractivity contribution in [3.63, 3.8) is 0 Å². The third-order valence-electron chi connectivity index (χ3n) is 4.92. The van der Waals surface area contributed by atoms with Gasteiger partial charge in [0.1, 0.15) is 10.6 Å². The number of carbonyl (C=O) groups is 2. The Kier molecular flexibility index (Phi) is 7.57. The van der Waals surface area contributed by atoms with Crippen LogP contribution in [0.5, 0.6) is 5.75 Å². The molecular weight excluding hydrogens is 498 g/mol. The van der Waals surface area contributed by atoms with Gasteiger partial charge in [-0.25, -0.2) is 18.6 Å². The molecule has 0 aliphatic heterocycles. The van der Waals surface area contributed by atoms with Crippen LogP contribution in [-0.4, -0.2) is 26.5 Å². The molecule has 182 valence electrons. The largest absolute Gasteiger partial charge is 0.422 e. The molecule has 4 aromatic rings. The number of hydrazone groups is 1. The lowest BCUT2D eigenvalue weighted by Crippen LogP contribution is -2.18. The fourth-order valence-corrected chi connectivity index (χ4v) is 4.68. The van der Waals surface area contributed by atoms with E-state index in [0.29, 0.717) is 27.4 Å². The normalized spacial score (nSPS) is 11.2. The number of benzene rings is 3. The third-order valence-corrected chi connectivity index (χ3v) is 7.17. The van der Waals surface area contributed by atoms with Gasteiger partial charge in [0, 0.05) is 11.3 Å². The number of thiophene rings is 1. The molecule has 0 saturated heterocycles. The van der Waals surface area contributed by atoms with Crippen LogP contribution in [0.4, 0.5) is 5.69 Å². The van der Waals surface area contributed by atoms with Gasteiger partial charge >= 0.3 is 5.97 Å². The zero-order valence-electron chi connectivity index (χ0n) is 19.0. The molecule has 1 aromatic heterocycles. The lowest BCUT2D eigenvalue weighted by molar-refractivity contribution is 0.0739. The summed E-state index contributed by atoms with van der Waals surface area (Å²) in [6.07, 6.45) is 1.45. The monoisotopic (exact) mass is 519 g/mol. The molecule has 0 bridgehead atoms. The minimum absolute atomic E-state index is 0.151. The molecule has 3 aromatic carbocycles. The lowest BCUT2D eigenvalue weighted by atomic mass is 10.2. The van der Waals surface area contributed by atoms with Crippen molar-refractivity contribution in [2.24, 2.45) is 5.10 Å². The first kappa shape index (κ1) is 24.8. The van der Waals surface area contributed by atoms with E-state index in [9.17, 15) is 18.0 Å². The molecule has 2 N–H and O–H groups in total. The summed E-state index contributed by atoms with van der Waals surface area (Å²) in [4.78, 5) is 25.0. The molecule has 0 atom stereocenters. The minimum Gasteiger partial charge on any atom is -0.422 e. The van der Waals surface area contributed by atoms with E-state index in [4.69, 9.17) is 4.74 Å². The summed E-state index contributed by atoms with van der Waals surface area (Å²) in [7, 11) is -3.73. The predicted octanol–water partition coefficient (Wildman–Crippen LogP) is 4.84. The number of aryl methyl sites for hydroxylation is 1. The quantitative estimate of drug-likeness (QED) is 0.150. The summed E-state index contributed by atoms with van der Waals surface area (Å²) in [5, 5.41) is 5.73. The highest BCUT2D eigenvalue weighted by Crippen LogP contribution is 2.18. The maximum Gasteiger partial charge on any atom is 0.353 e. The highest BCUT2D eigenvalue weighted by atomic mass is 32.2. The topological polar surface area (TPSA) is 114 Å². The van der Waals surface area contributed by atoms with Gasteiger partial charge in [0.2, 0.25) is 0 Å². The Morgan fingerprint density at radius 1 is 0.917 bits per heavy atom. The molecule has 36 heavy (non-hydrogen) atoms. The van der Waals surface area contributed by atoms with Crippen LogP contribution >= 0.6 is 11.3 Å². The standard InChI is InChI=1S/C26H21N3O5S2/c1-18-4-14-23(15-5-18)36(32,33)29-21-10-8-20(9-11-21)25(30)28-27-17-19-6-12-22(13-7-19)34-26(31)24-3-2-16-35-24/h2-17,29H,1H3,(H,28,30)/b27-17+. The van der Waals surface area contributed by atoms with Crippen molar-refractivity contribution in [3.8, 4) is 5.75 Å². The zero-order chi connectivity index (χ0) is 25.5. The van der Waals surface area contributed by atoms with E-state index in [1.807, 2.05) is 6.92 Å². The maximum atomic E-state index is 12.5. The van der Waals surface area contributed by atoms with Gasteiger partial charge in [-0.1, -0.05) is 23.8 Å². The molecule has 10 heteroatoms. The molecule has 4 rings (SSSR count). The average Bonchev–Trinajstić information content (AvgIpc) is 3.41. The molecular formula is C26H21N3O5S2. The van der Waals surface area contributed by atoms with E-state index in [0.717, 1.165) is 5.56 Å². The molecule has 0 saturated carbocycles. The molecule has 0 radical (unpaired) electrons. The molecule has 8 nitrogen and oxygen atoms in total. The Morgan fingerprint density at radius 2 is 1.61 bits per heavy atom. The number of rotatable bonds is 8. The van der Waals surface area contributed by atoms with Crippen LogP contribution in [0.2, 0.25) is 0 Å². The van der Waals surface area contributed by atoms with Crippen LogP contribution in [0.3, 0.4) is 0 Å². The van der Waals surface area contributed by atoms with Gasteiger partial charge < -0.3 is 4.74 Å². The number of nitrogens with zero attached hydrogens (tertiary/aromatic N) is 1. The van der Waals surface area contributed by atoms with Crippen LogP contribution in [-0.2, 0) is 10.0 Å². The first-order valence-corrected chi connectivity index (χ1v) is 13.1. The fraction of sp³-hybridized carbons (Fsp3) is 0.0385. The third kappa shape index (κ3) is 6.44. The lowest BCUT2D eigenvalue weighted by Gasteiger charge is -2.09. The van der Waals surface area contributed by atoms with E-state index >= 15 is 0 Å². The molecule has 0 spiro atoms. The minimum atomic E-state index is -3.73. The van der Waals surface area contributed by atoms with Crippen molar-refractivity contribution in [1.82, 2.24) is 5.43 Å². The van der Waals surface area contributed by atoms with Gasteiger partial charge in [-0.15, -0.1) is 11.3 Å².